The molecule has 14 heavy (non-hydrogen) atoms. The van der Waals surface area contributed by atoms with Crippen LogP contribution in [0.4, 0.5) is 0 Å². The zero-order valence-corrected chi connectivity index (χ0v) is 9.21. The minimum Gasteiger partial charge on any atom is -0.342 e. The number of nitrogens with zero attached hydrogens (tertiary/aromatic N) is 2. The number of hydrogen-bond donors (Lipinski definition) is 1. The summed E-state index contributed by atoms with van der Waals surface area (Å²) >= 11 is 0. The van der Waals surface area contributed by atoms with Gasteiger partial charge in [0.15, 0.2) is 0 Å². The molecule has 4 nitrogen and oxygen atoms in total. The maximum Gasteiger partial charge on any atom is 0.236 e. The minimum absolute atomic E-state index is 0.0590. The average molecular weight is 197 g/mol. The third kappa shape index (κ3) is 4.24. The second-order valence-corrected chi connectivity index (χ2v) is 3.04. The van der Waals surface area contributed by atoms with E-state index in [4.69, 9.17) is 5.26 Å². The van der Waals surface area contributed by atoms with Crippen LogP contribution in [0.3, 0.4) is 0 Å². The first kappa shape index (κ1) is 12.9. The zero-order valence-electron chi connectivity index (χ0n) is 9.21. The van der Waals surface area contributed by atoms with Gasteiger partial charge in [0.2, 0.25) is 5.91 Å². The Balaban J connectivity index is 3.89. The number of nitrogens with one attached hydrogen (secondary N) is 1. The summed E-state index contributed by atoms with van der Waals surface area (Å²) in [5.41, 5.74) is 0. The molecule has 0 aliphatic rings. The fourth-order valence-corrected chi connectivity index (χ4v) is 1.18. The molecule has 1 atom stereocenters. The molecule has 1 unspecified atom stereocenters. The summed E-state index contributed by atoms with van der Waals surface area (Å²) in [6.07, 6.45) is 0.724. The molecule has 0 aromatic heterocycles. The number of hydrogen-bond acceptors (Lipinski definition) is 3. The van der Waals surface area contributed by atoms with Gasteiger partial charge in [0.1, 0.15) is 0 Å². The molecule has 0 aliphatic heterocycles. The fraction of sp³-hybridized carbons (Fsp3) is 0.800. The molecule has 0 radical (unpaired) electrons. The summed E-state index contributed by atoms with van der Waals surface area (Å²) in [4.78, 5) is 13.2. The first-order chi connectivity index (χ1) is 6.69. The van der Waals surface area contributed by atoms with Crippen molar-refractivity contribution in [2.24, 2.45) is 0 Å². The highest BCUT2D eigenvalue weighted by molar-refractivity contribution is 5.78. The van der Waals surface area contributed by atoms with Gasteiger partial charge in [0.25, 0.3) is 0 Å². The second kappa shape index (κ2) is 7.34. The highest BCUT2D eigenvalue weighted by Crippen LogP contribution is 1.91. The molecule has 0 heterocycles. The van der Waals surface area contributed by atoms with E-state index in [0.717, 1.165) is 19.5 Å². The monoisotopic (exact) mass is 197 g/mol. The van der Waals surface area contributed by atoms with Crippen LogP contribution in [0.2, 0.25) is 0 Å². The Kier molecular flexibility index (Phi) is 6.77. The fourth-order valence-electron chi connectivity index (χ4n) is 1.18. The molecule has 0 aromatic carbocycles. The summed E-state index contributed by atoms with van der Waals surface area (Å²) in [6, 6.07) is 1.89. The maximum atomic E-state index is 11.5. The van der Waals surface area contributed by atoms with Gasteiger partial charge in [-0.2, -0.15) is 5.26 Å². The van der Waals surface area contributed by atoms with Gasteiger partial charge in [0, 0.05) is 13.1 Å². The van der Waals surface area contributed by atoms with Crippen LogP contribution < -0.4 is 5.32 Å². The van der Waals surface area contributed by atoms with E-state index < -0.39 is 0 Å². The number of amides is 1. The number of carbonyl (C=O) groups is 1. The van der Waals surface area contributed by atoms with E-state index in [1.54, 1.807) is 4.90 Å². The average Bonchev–Trinajstić information content (AvgIpc) is 2.21. The molecule has 0 aromatic rings. The molecular formula is C10H19N3O. The number of nitriles is 1. The molecule has 0 aliphatic carbocycles. The van der Waals surface area contributed by atoms with Gasteiger partial charge >= 0.3 is 0 Å². The van der Waals surface area contributed by atoms with E-state index in [1.807, 2.05) is 20.8 Å². The molecule has 0 bridgehead atoms. The molecule has 0 saturated carbocycles. The van der Waals surface area contributed by atoms with Gasteiger partial charge < -0.3 is 4.90 Å². The van der Waals surface area contributed by atoms with Gasteiger partial charge in [-0.25, -0.2) is 0 Å². The Morgan fingerprint density at radius 2 is 2.00 bits per heavy atom. The van der Waals surface area contributed by atoms with E-state index in [2.05, 4.69) is 11.4 Å². The lowest BCUT2D eigenvalue weighted by molar-refractivity contribution is -0.129. The van der Waals surface area contributed by atoms with Gasteiger partial charge in [-0.3, -0.25) is 10.1 Å². The Hall–Kier alpha value is -1.08. The third-order valence-corrected chi connectivity index (χ3v) is 2.18. The topological polar surface area (TPSA) is 56.1 Å². The van der Waals surface area contributed by atoms with Gasteiger partial charge in [-0.15, -0.1) is 0 Å². The molecule has 0 saturated heterocycles. The Labute approximate surface area is 85.9 Å². The van der Waals surface area contributed by atoms with Crippen molar-refractivity contribution < 1.29 is 4.79 Å². The molecule has 1 amide bonds. The predicted molar refractivity (Wildman–Crippen MR) is 55.6 cm³/mol. The van der Waals surface area contributed by atoms with Crippen molar-refractivity contribution in [3.8, 4) is 6.07 Å². The summed E-state index contributed by atoms with van der Waals surface area (Å²) in [6.45, 7) is 7.52. The predicted octanol–water partition coefficient (Wildman–Crippen LogP) is 0.747. The highest BCUT2D eigenvalue weighted by Gasteiger charge is 2.11. The lowest BCUT2D eigenvalue weighted by atomic mass is 10.2. The van der Waals surface area contributed by atoms with E-state index in [-0.39, 0.29) is 18.5 Å². The lowest BCUT2D eigenvalue weighted by Gasteiger charge is -2.19. The van der Waals surface area contributed by atoms with E-state index in [9.17, 15) is 4.79 Å². The van der Waals surface area contributed by atoms with Gasteiger partial charge in [-0.1, -0.05) is 6.92 Å². The van der Waals surface area contributed by atoms with Crippen LogP contribution in [0.15, 0.2) is 0 Å². The second-order valence-electron chi connectivity index (χ2n) is 3.04. The van der Waals surface area contributed by atoms with Crippen LogP contribution in [0.5, 0.6) is 0 Å². The first-order valence-corrected chi connectivity index (χ1v) is 5.10. The van der Waals surface area contributed by atoms with E-state index in [0.29, 0.717) is 0 Å². The van der Waals surface area contributed by atoms with Crippen LogP contribution >= 0.6 is 0 Å². The molecule has 4 heteroatoms. The van der Waals surface area contributed by atoms with Gasteiger partial charge in [0.05, 0.1) is 18.7 Å². The molecular weight excluding hydrogens is 178 g/mol. The maximum absolute atomic E-state index is 11.5. The third-order valence-electron chi connectivity index (χ3n) is 2.18. The SMILES string of the molecule is CCC(C#N)NCC(=O)N(CC)CC. The summed E-state index contributed by atoms with van der Waals surface area (Å²) in [7, 11) is 0. The number of likely N-dealkylation sites (N-methyl/N-ethyl adjacent to an activating group) is 1. The zero-order chi connectivity index (χ0) is 11.0. The molecule has 80 valence electrons. The lowest BCUT2D eigenvalue weighted by Crippen LogP contribution is -2.41. The standard InChI is InChI=1S/C10H19N3O/c1-4-9(7-11)12-8-10(14)13(5-2)6-3/h9,12H,4-6,8H2,1-3H3. The van der Waals surface area contributed by atoms with Crippen LogP contribution in [0, 0.1) is 11.3 Å². The van der Waals surface area contributed by atoms with Crippen molar-refractivity contribution in [1.82, 2.24) is 10.2 Å². The number of rotatable bonds is 6. The van der Waals surface area contributed by atoms with E-state index in [1.165, 1.54) is 0 Å². The number of carbonyl (C=O) groups excluding carboxylic acids is 1. The van der Waals surface area contributed by atoms with Crippen LogP contribution in [0.1, 0.15) is 27.2 Å². The minimum atomic E-state index is -0.213. The molecule has 0 fully saturated rings. The van der Waals surface area contributed by atoms with Crippen molar-refractivity contribution >= 4 is 5.91 Å². The molecule has 1 N–H and O–H groups in total. The summed E-state index contributed by atoms with van der Waals surface area (Å²) in [5, 5.41) is 11.6. The van der Waals surface area contributed by atoms with Crippen molar-refractivity contribution in [2.45, 2.75) is 33.2 Å². The van der Waals surface area contributed by atoms with Crippen LogP contribution in [-0.2, 0) is 4.79 Å². The van der Waals surface area contributed by atoms with Crippen molar-refractivity contribution in [3.05, 3.63) is 0 Å². The molecule has 0 rings (SSSR count). The molecule has 0 spiro atoms. The largest absolute Gasteiger partial charge is 0.342 e. The quantitative estimate of drug-likeness (QED) is 0.683. The van der Waals surface area contributed by atoms with Crippen molar-refractivity contribution in [3.63, 3.8) is 0 Å². The Morgan fingerprint density at radius 3 is 2.36 bits per heavy atom. The van der Waals surface area contributed by atoms with Crippen LogP contribution in [0.25, 0.3) is 0 Å². The van der Waals surface area contributed by atoms with E-state index >= 15 is 0 Å². The van der Waals surface area contributed by atoms with Crippen molar-refractivity contribution in [1.29, 1.82) is 5.26 Å². The first-order valence-electron chi connectivity index (χ1n) is 5.10. The summed E-state index contributed by atoms with van der Waals surface area (Å²) in [5.74, 6) is 0.0590. The smallest absolute Gasteiger partial charge is 0.236 e. The summed E-state index contributed by atoms with van der Waals surface area (Å²) < 4.78 is 0. The van der Waals surface area contributed by atoms with Crippen LogP contribution in [-0.4, -0.2) is 36.5 Å². The highest BCUT2D eigenvalue weighted by atomic mass is 16.2. The van der Waals surface area contributed by atoms with Crippen molar-refractivity contribution in [2.75, 3.05) is 19.6 Å². The Morgan fingerprint density at radius 1 is 1.43 bits per heavy atom. The normalized spacial score (nSPS) is 11.9. The Bertz CT molecular complexity index is 206. The van der Waals surface area contributed by atoms with Gasteiger partial charge in [-0.05, 0) is 20.3 Å².